The molecule has 3 nitrogen and oxygen atoms in total. The van der Waals surface area contributed by atoms with E-state index in [1.807, 2.05) is 6.07 Å². The predicted octanol–water partition coefficient (Wildman–Crippen LogP) is 4.88. The van der Waals surface area contributed by atoms with Crippen molar-refractivity contribution in [3.8, 4) is 11.4 Å². The van der Waals surface area contributed by atoms with Crippen LogP contribution in [0.2, 0.25) is 10.0 Å². The normalized spacial score (nSPS) is 11.1. The molecule has 0 aliphatic rings. The molecule has 0 amide bonds. The van der Waals surface area contributed by atoms with E-state index in [2.05, 4.69) is 25.9 Å². The molecule has 96 valence electrons. The van der Waals surface area contributed by atoms with Gasteiger partial charge in [-0.15, -0.1) is 0 Å². The van der Waals surface area contributed by atoms with Gasteiger partial charge in [0.25, 0.3) is 0 Å². The summed E-state index contributed by atoms with van der Waals surface area (Å²) in [5.74, 6) is 0.646. The third kappa shape index (κ3) is 2.31. The van der Waals surface area contributed by atoms with Crippen LogP contribution in [-0.2, 0) is 0 Å². The summed E-state index contributed by atoms with van der Waals surface area (Å²) in [4.78, 5) is 7.67. The van der Waals surface area contributed by atoms with E-state index in [1.54, 1.807) is 24.3 Å². The molecule has 1 aromatic heterocycles. The smallest absolute Gasteiger partial charge is 0.140 e. The number of H-pyrrole nitrogens is 1. The summed E-state index contributed by atoms with van der Waals surface area (Å²) in [7, 11) is 0. The lowest BCUT2D eigenvalue weighted by molar-refractivity contribution is 1.34. The van der Waals surface area contributed by atoms with E-state index in [4.69, 9.17) is 28.9 Å². The van der Waals surface area contributed by atoms with E-state index in [1.165, 1.54) is 0 Å². The second-order valence-corrected chi connectivity index (χ2v) is 5.84. The fourth-order valence-corrected chi connectivity index (χ4v) is 2.95. The summed E-state index contributed by atoms with van der Waals surface area (Å²) in [5.41, 5.74) is 8.71. The van der Waals surface area contributed by atoms with Crippen LogP contribution >= 0.6 is 39.1 Å². The number of hydrogen-bond acceptors (Lipinski definition) is 2. The van der Waals surface area contributed by atoms with Crippen molar-refractivity contribution in [2.45, 2.75) is 0 Å². The number of imidazole rings is 1. The third-order valence-electron chi connectivity index (χ3n) is 2.75. The number of rotatable bonds is 1. The quantitative estimate of drug-likeness (QED) is 0.610. The molecule has 0 saturated heterocycles. The van der Waals surface area contributed by atoms with Crippen LogP contribution in [0.5, 0.6) is 0 Å². The number of benzene rings is 2. The molecule has 3 rings (SSSR count). The number of anilines is 1. The summed E-state index contributed by atoms with van der Waals surface area (Å²) < 4.78 is 0.888. The van der Waals surface area contributed by atoms with Crippen molar-refractivity contribution >= 4 is 55.9 Å². The number of nitrogens with zero attached hydrogens (tertiary/aromatic N) is 1. The zero-order chi connectivity index (χ0) is 13.6. The molecular weight excluding hydrogens is 349 g/mol. The highest BCUT2D eigenvalue weighted by Gasteiger charge is 2.12. The summed E-state index contributed by atoms with van der Waals surface area (Å²) in [6, 6.07) is 8.99. The van der Waals surface area contributed by atoms with Gasteiger partial charge in [-0.05, 0) is 30.3 Å². The monoisotopic (exact) mass is 355 g/mol. The van der Waals surface area contributed by atoms with E-state index in [0.717, 1.165) is 15.6 Å². The largest absolute Gasteiger partial charge is 0.399 e. The molecule has 1 heterocycles. The van der Waals surface area contributed by atoms with Crippen LogP contribution in [0, 0.1) is 0 Å². The van der Waals surface area contributed by atoms with Crippen LogP contribution in [0.25, 0.3) is 22.4 Å². The Morgan fingerprint density at radius 3 is 2.68 bits per heavy atom. The average Bonchev–Trinajstić information content (AvgIpc) is 2.76. The lowest BCUT2D eigenvalue weighted by atomic mass is 10.2. The molecule has 0 fully saturated rings. The summed E-state index contributed by atoms with van der Waals surface area (Å²) in [5, 5.41) is 1.16. The summed E-state index contributed by atoms with van der Waals surface area (Å²) >= 11 is 15.7. The zero-order valence-corrected chi connectivity index (χ0v) is 12.6. The minimum absolute atomic E-state index is 0.576. The average molecular weight is 357 g/mol. The van der Waals surface area contributed by atoms with Gasteiger partial charge in [0, 0.05) is 15.7 Å². The number of aromatic nitrogens is 2. The van der Waals surface area contributed by atoms with Gasteiger partial charge in [-0.3, -0.25) is 0 Å². The minimum atomic E-state index is 0.576. The van der Waals surface area contributed by atoms with Crippen molar-refractivity contribution in [1.82, 2.24) is 9.97 Å². The van der Waals surface area contributed by atoms with Crippen LogP contribution in [0.4, 0.5) is 5.69 Å². The summed E-state index contributed by atoms with van der Waals surface area (Å²) in [6.45, 7) is 0. The Bertz CT molecular complexity index is 783. The first-order valence-electron chi connectivity index (χ1n) is 5.45. The second kappa shape index (κ2) is 4.71. The van der Waals surface area contributed by atoms with Gasteiger partial charge in [-0.25, -0.2) is 4.98 Å². The zero-order valence-electron chi connectivity index (χ0n) is 9.55. The minimum Gasteiger partial charge on any atom is -0.399 e. The number of nitrogens with one attached hydrogen (secondary N) is 1. The number of hydrogen-bond donors (Lipinski definition) is 2. The molecule has 3 aromatic rings. The van der Waals surface area contributed by atoms with Crippen LogP contribution in [0.15, 0.2) is 34.8 Å². The van der Waals surface area contributed by atoms with Crippen molar-refractivity contribution < 1.29 is 0 Å². The molecule has 19 heavy (non-hydrogen) atoms. The van der Waals surface area contributed by atoms with E-state index >= 15 is 0 Å². The highest BCUT2D eigenvalue weighted by Crippen LogP contribution is 2.32. The van der Waals surface area contributed by atoms with Crippen LogP contribution in [0.1, 0.15) is 0 Å². The molecule has 0 unspecified atom stereocenters. The van der Waals surface area contributed by atoms with Crippen molar-refractivity contribution in [2.24, 2.45) is 0 Å². The predicted molar refractivity (Wildman–Crippen MR) is 83.7 cm³/mol. The first-order chi connectivity index (χ1) is 9.04. The number of halogens is 3. The van der Waals surface area contributed by atoms with E-state index in [0.29, 0.717) is 27.1 Å². The Kier molecular flexibility index (Phi) is 3.17. The van der Waals surface area contributed by atoms with Crippen molar-refractivity contribution in [3.63, 3.8) is 0 Å². The first kappa shape index (κ1) is 12.8. The fraction of sp³-hybridized carbons (Fsp3) is 0. The third-order valence-corrected chi connectivity index (χ3v) is 3.83. The Labute approximate surface area is 127 Å². The van der Waals surface area contributed by atoms with E-state index in [9.17, 15) is 0 Å². The van der Waals surface area contributed by atoms with Gasteiger partial charge in [-0.2, -0.15) is 0 Å². The van der Waals surface area contributed by atoms with E-state index < -0.39 is 0 Å². The van der Waals surface area contributed by atoms with Gasteiger partial charge >= 0.3 is 0 Å². The van der Waals surface area contributed by atoms with Crippen LogP contribution in [0.3, 0.4) is 0 Å². The Hall–Kier alpha value is -1.23. The molecule has 0 aliphatic heterocycles. The number of nitrogen functional groups attached to an aromatic ring is 1. The standard InChI is InChI=1S/C13H8BrCl2N3/c14-6-3-10(16)12-11(4-6)18-13(19-12)8-5-7(17)1-2-9(8)15/h1-5H,17H2,(H,18,19). The van der Waals surface area contributed by atoms with Gasteiger partial charge < -0.3 is 10.7 Å². The van der Waals surface area contributed by atoms with Gasteiger partial charge in [0.15, 0.2) is 0 Å². The van der Waals surface area contributed by atoms with Gasteiger partial charge in [0.2, 0.25) is 0 Å². The molecule has 0 atom stereocenters. The number of nitrogens with two attached hydrogens (primary N) is 1. The number of aromatic amines is 1. The molecule has 2 aromatic carbocycles. The fourth-order valence-electron chi connectivity index (χ4n) is 1.89. The maximum absolute atomic E-state index is 6.17. The SMILES string of the molecule is Nc1ccc(Cl)c(-c2nc3c(Cl)cc(Br)cc3[nH]2)c1. The van der Waals surface area contributed by atoms with Gasteiger partial charge in [0.05, 0.1) is 15.6 Å². The Balaban J connectivity index is 2.26. The molecule has 6 heteroatoms. The summed E-state index contributed by atoms with van der Waals surface area (Å²) in [6.07, 6.45) is 0. The van der Waals surface area contributed by atoms with Crippen molar-refractivity contribution in [1.29, 1.82) is 0 Å². The highest BCUT2D eigenvalue weighted by atomic mass is 79.9. The first-order valence-corrected chi connectivity index (χ1v) is 6.99. The molecular formula is C13H8BrCl2N3. The maximum atomic E-state index is 6.17. The van der Waals surface area contributed by atoms with Crippen LogP contribution < -0.4 is 5.73 Å². The van der Waals surface area contributed by atoms with Gasteiger partial charge in [0.1, 0.15) is 11.3 Å². The maximum Gasteiger partial charge on any atom is 0.140 e. The number of fused-ring (bicyclic) bond motifs is 1. The van der Waals surface area contributed by atoms with Crippen LogP contribution in [-0.4, -0.2) is 9.97 Å². The van der Waals surface area contributed by atoms with Crippen molar-refractivity contribution in [2.75, 3.05) is 5.73 Å². The molecule has 0 saturated carbocycles. The van der Waals surface area contributed by atoms with E-state index in [-0.39, 0.29) is 0 Å². The molecule has 0 spiro atoms. The lowest BCUT2D eigenvalue weighted by Gasteiger charge is -2.01. The second-order valence-electron chi connectivity index (χ2n) is 4.11. The molecule has 0 radical (unpaired) electrons. The lowest BCUT2D eigenvalue weighted by Crippen LogP contribution is -1.87. The molecule has 0 aliphatic carbocycles. The van der Waals surface area contributed by atoms with Gasteiger partial charge in [-0.1, -0.05) is 39.1 Å². The highest BCUT2D eigenvalue weighted by molar-refractivity contribution is 9.10. The molecule has 0 bridgehead atoms. The van der Waals surface area contributed by atoms with Crippen molar-refractivity contribution in [3.05, 3.63) is 44.8 Å². The topological polar surface area (TPSA) is 54.7 Å². The Morgan fingerprint density at radius 1 is 1.11 bits per heavy atom. The molecule has 3 N–H and O–H groups in total. The Morgan fingerprint density at radius 2 is 1.89 bits per heavy atom.